The lowest BCUT2D eigenvalue weighted by molar-refractivity contribution is 0.212. The lowest BCUT2D eigenvalue weighted by Crippen LogP contribution is -2.34. The van der Waals surface area contributed by atoms with Crippen molar-refractivity contribution in [1.82, 2.24) is 4.90 Å². The lowest BCUT2D eigenvalue weighted by atomic mass is 10.1. The Kier molecular flexibility index (Phi) is 6.49. The molecule has 0 bridgehead atoms. The summed E-state index contributed by atoms with van der Waals surface area (Å²) >= 11 is 9.64. The van der Waals surface area contributed by atoms with Crippen LogP contribution in [-0.4, -0.2) is 24.5 Å². The zero-order chi connectivity index (χ0) is 12.8. The Morgan fingerprint density at radius 2 is 2.12 bits per heavy atom. The van der Waals surface area contributed by atoms with E-state index >= 15 is 0 Å². The van der Waals surface area contributed by atoms with Crippen molar-refractivity contribution < 1.29 is 0 Å². The summed E-state index contributed by atoms with van der Waals surface area (Å²) in [7, 11) is 0. The van der Waals surface area contributed by atoms with Crippen LogP contribution < -0.4 is 5.73 Å². The fourth-order valence-electron chi connectivity index (χ4n) is 2.06. The minimum atomic E-state index is 0.230. The molecule has 17 heavy (non-hydrogen) atoms. The van der Waals surface area contributed by atoms with E-state index in [1.54, 1.807) is 0 Å². The molecular formula is C13H20BrClN2. The predicted octanol–water partition coefficient (Wildman–Crippen LogP) is 3.83. The molecule has 0 fully saturated rings. The smallest absolute Gasteiger partial charge is 0.0482 e. The van der Waals surface area contributed by atoms with E-state index in [9.17, 15) is 0 Å². The Morgan fingerprint density at radius 3 is 2.65 bits per heavy atom. The van der Waals surface area contributed by atoms with E-state index in [0.717, 1.165) is 29.0 Å². The van der Waals surface area contributed by atoms with E-state index in [4.69, 9.17) is 17.3 Å². The molecule has 0 aliphatic carbocycles. The lowest BCUT2D eigenvalue weighted by Gasteiger charge is -2.30. The van der Waals surface area contributed by atoms with Gasteiger partial charge in [-0.05, 0) is 43.3 Å². The Bertz CT molecular complexity index is 357. The molecule has 0 saturated heterocycles. The molecule has 0 aliphatic heterocycles. The van der Waals surface area contributed by atoms with E-state index in [2.05, 4.69) is 34.7 Å². The number of nitrogens with zero attached hydrogens (tertiary/aromatic N) is 1. The molecule has 1 aromatic rings. The van der Waals surface area contributed by atoms with E-state index in [1.165, 1.54) is 5.56 Å². The van der Waals surface area contributed by atoms with Crippen molar-refractivity contribution >= 4 is 27.5 Å². The first-order valence-corrected chi connectivity index (χ1v) is 7.20. The SMILES string of the molecule is CCCN(CC)C(CN)c1cc(Cl)ccc1Br. The maximum absolute atomic E-state index is 6.06. The van der Waals surface area contributed by atoms with Gasteiger partial charge in [-0.1, -0.05) is 41.4 Å². The number of hydrogen-bond acceptors (Lipinski definition) is 2. The summed E-state index contributed by atoms with van der Waals surface area (Å²) in [5.74, 6) is 0. The average Bonchev–Trinajstić information content (AvgIpc) is 2.33. The van der Waals surface area contributed by atoms with Crippen molar-refractivity contribution in [2.75, 3.05) is 19.6 Å². The van der Waals surface area contributed by atoms with E-state index in [1.807, 2.05) is 18.2 Å². The van der Waals surface area contributed by atoms with Crippen molar-refractivity contribution in [3.8, 4) is 0 Å². The summed E-state index contributed by atoms with van der Waals surface area (Å²) in [5, 5.41) is 0.759. The Morgan fingerprint density at radius 1 is 1.41 bits per heavy atom. The second-order valence-electron chi connectivity index (χ2n) is 4.05. The molecule has 0 saturated carbocycles. The fraction of sp³-hybridized carbons (Fsp3) is 0.538. The highest BCUT2D eigenvalue weighted by Crippen LogP contribution is 2.29. The third-order valence-electron chi connectivity index (χ3n) is 2.90. The van der Waals surface area contributed by atoms with Crippen LogP contribution in [0.3, 0.4) is 0 Å². The van der Waals surface area contributed by atoms with Gasteiger partial charge in [0.15, 0.2) is 0 Å². The average molecular weight is 320 g/mol. The number of likely N-dealkylation sites (N-methyl/N-ethyl adjacent to an activating group) is 1. The second kappa shape index (κ2) is 7.37. The first-order chi connectivity index (χ1) is 8.13. The van der Waals surface area contributed by atoms with Gasteiger partial charge in [-0.3, -0.25) is 4.90 Å². The van der Waals surface area contributed by atoms with Crippen LogP contribution in [0.5, 0.6) is 0 Å². The van der Waals surface area contributed by atoms with Gasteiger partial charge in [0.05, 0.1) is 0 Å². The standard InChI is InChI=1S/C13H20BrClN2/c1-3-7-17(4-2)13(9-16)11-8-10(15)5-6-12(11)14/h5-6,8,13H,3-4,7,9,16H2,1-2H3. The number of hydrogen-bond donors (Lipinski definition) is 1. The molecule has 2 nitrogen and oxygen atoms in total. The third-order valence-corrected chi connectivity index (χ3v) is 3.86. The molecule has 0 aromatic heterocycles. The van der Waals surface area contributed by atoms with Crippen molar-refractivity contribution in [3.63, 3.8) is 0 Å². The normalized spacial score (nSPS) is 13.1. The van der Waals surface area contributed by atoms with Crippen LogP contribution in [0.25, 0.3) is 0 Å². The van der Waals surface area contributed by atoms with E-state index in [0.29, 0.717) is 6.54 Å². The first kappa shape index (κ1) is 15.0. The summed E-state index contributed by atoms with van der Waals surface area (Å²) < 4.78 is 1.08. The van der Waals surface area contributed by atoms with Gasteiger partial charge in [0.1, 0.15) is 0 Å². The van der Waals surface area contributed by atoms with E-state index < -0.39 is 0 Å². The Labute approximate surface area is 117 Å². The number of nitrogens with two attached hydrogens (primary N) is 1. The number of benzene rings is 1. The van der Waals surface area contributed by atoms with Gasteiger partial charge in [-0.25, -0.2) is 0 Å². The zero-order valence-corrected chi connectivity index (χ0v) is 12.8. The maximum atomic E-state index is 6.06. The highest BCUT2D eigenvalue weighted by molar-refractivity contribution is 9.10. The molecule has 0 radical (unpaired) electrons. The summed E-state index contributed by atoms with van der Waals surface area (Å²) in [6.07, 6.45) is 1.13. The first-order valence-electron chi connectivity index (χ1n) is 6.03. The van der Waals surface area contributed by atoms with Crippen LogP contribution in [-0.2, 0) is 0 Å². The van der Waals surface area contributed by atoms with Crippen LogP contribution >= 0.6 is 27.5 Å². The number of halogens is 2. The highest BCUT2D eigenvalue weighted by Gasteiger charge is 2.19. The van der Waals surface area contributed by atoms with Crippen LogP contribution in [0.1, 0.15) is 31.9 Å². The van der Waals surface area contributed by atoms with Crippen molar-refractivity contribution in [2.45, 2.75) is 26.3 Å². The van der Waals surface area contributed by atoms with Gasteiger partial charge in [0.25, 0.3) is 0 Å². The molecule has 96 valence electrons. The Balaban J connectivity index is 3.02. The molecule has 1 aromatic carbocycles. The zero-order valence-electron chi connectivity index (χ0n) is 10.4. The largest absolute Gasteiger partial charge is 0.329 e. The molecule has 0 amide bonds. The molecule has 4 heteroatoms. The van der Waals surface area contributed by atoms with Gasteiger partial charge < -0.3 is 5.73 Å². The molecule has 1 atom stereocenters. The second-order valence-corrected chi connectivity index (χ2v) is 5.34. The van der Waals surface area contributed by atoms with Gasteiger partial charge >= 0.3 is 0 Å². The van der Waals surface area contributed by atoms with Gasteiger partial charge in [-0.2, -0.15) is 0 Å². The maximum Gasteiger partial charge on any atom is 0.0482 e. The van der Waals surface area contributed by atoms with Gasteiger partial charge in [-0.15, -0.1) is 0 Å². The summed E-state index contributed by atoms with van der Waals surface area (Å²) in [5.41, 5.74) is 7.10. The Hall–Kier alpha value is -0.0900. The molecule has 0 spiro atoms. The number of rotatable bonds is 6. The van der Waals surface area contributed by atoms with Crippen molar-refractivity contribution in [1.29, 1.82) is 0 Å². The van der Waals surface area contributed by atoms with Crippen molar-refractivity contribution in [3.05, 3.63) is 33.3 Å². The monoisotopic (exact) mass is 318 g/mol. The van der Waals surface area contributed by atoms with Gasteiger partial charge in [0.2, 0.25) is 0 Å². The highest BCUT2D eigenvalue weighted by atomic mass is 79.9. The molecule has 0 aliphatic rings. The summed E-state index contributed by atoms with van der Waals surface area (Å²) in [4.78, 5) is 2.39. The minimum Gasteiger partial charge on any atom is -0.329 e. The molecule has 2 N–H and O–H groups in total. The summed E-state index contributed by atoms with van der Waals surface area (Å²) in [6.45, 7) is 7.00. The topological polar surface area (TPSA) is 29.3 Å². The molecule has 0 heterocycles. The van der Waals surface area contributed by atoms with Crippen LogP contribution in [0.4, 0.5) is 0 Å². The van der Waals surface area contributed by atoms with Gasteiger partial charge in [0, 0.05) is 22.1 Å². The van der Waals surface area contributed by atoms with Crippen LogP contribution in [0, 0.1) is 0 Å². The molecular weight excluding hydrogens is 300 g/mol. The fourth-order valence-corrected chi connectivity index (χ4v) is 2.76. The van der Waals surface area contributed by atoms with Crippen molar-refractivity contribution in [2.24, 2.45) is 5.73 Å². The van der Waals surface area contributed by atoms with E-state index in [-0.39, 0.29) is 6.04 Å². The third kappa shape index (κ3) is 3.95. The van der Waals surface area contributed by atoms with Crippen LogP contribution in [0.15, 0.2) is 22.7 Å². The quantitative estimate of drug-likeness (QED) is 0.863. The minimum absolute atomic E-state index is 0.230. The predicted molar refractivity (Wildman–Crippen MR) is 78.5 cm³/mol. The molecule has 1 unspecified atom stereocenters. The van der Waals surface area contributed by atoms with Crippen LogP contribution in [0.2, 0.25) is 5.02 Å². The molecule has 1 rings (SSSR count). The summed E-state index contributed by atoms with van der Waals surface area (Å²) in [6, 6.07) is 6.11.